The van der Waals surface area contributed by atoms with Gasteiger partial charge in [-0.25, -0.2) is 0 Å². The van der Waals surface area contributed by atoms with Crippen LogP contribution in [-0.4, -0.2) is 58.6 Å². The molecule has 5 rings (SSSR count). The number of rotatable bonds is 5. The number of carbonyl (C=O) groups is 1. The van der Waals surface area contributed by atoms with E-state index in [9.17, 15) is 9.90 Å². The summed E-state index contributed by atoms with van der Waals surface area (Å²) in [5.74, 6) is 1.81. The molecule has 1 aromatic carbocycles. The monoisotopic (exact) mass is 354 g/mol. The van der Waals surface area contributed by atoms with Gasteiger partial charge in [-0.1, -0.05) is 43.2 Å². The standard InChI is InChI=1S/C22H30N2O2/c25-13-19-20(17-6-2-1-3-7-17)22(24(19)12-16-10-11-16)14-23(15-22)21(26)18-8-4-5-9-18/h1-3,6-7,16,18-20,25H,4-5,8-15H2/t19-,20-/m1/s1. The van der Waals surface area contributed by atoms with Crippen LogP contribution in [0.2, 0.25) is 0 Å². The molecule has 140 valence electrons. The van der Waals surface area contributed by atoms with Crippen LogP contribution in [0.5, 0.6) is 0 Å². The van der Waals surface area contributed by atoms with Gasteiger partial charge < -0.3 is 10.0 Å². The van der Waals surface area contributed by atoms with Crippen LogP contribution in [0.25, 0.3) is 0 Å². The molecular weight excluding hydrogens is 324 g/mol. The molecule has 2 heterocycles. The zero-order chi connectivity index (χ0) is 17.7. The van der Waals surface area contributed by atoms with Gasteiger partial charge in [-0.05, 0) is 37.2 Å². The molecule has 1 amide bonds. The van der Waals surface area contributed by atoms with E-state index >= 15 is 0 Å². The Morgan fingerprint density at radius 2 is 1.77 bits per heavy atom. The lowest BCUT2D eigenvalue weighted by Crippen LogP contribution is -2.85. The fourth-order valence-corrected chi connectivity index (χ4v) is 5.84. The molecule has 2 saturated heterocycles. The van der Waals surface area contributed by atoms with E-state index in [-0.39, 0.29) is 24.1 Å². The van der Waals surface area contributed by atoms with Crippen molar-refractivity contribution in [3.8, 4) is 0 Å². The van der Waals surface area contributed by atoms with Crippen molar-refractivity contribution in [2.45, 2.75) is 56.0 Å². The zero-order valence-electron chi connectivity index (χ0n) is 15.5. The highest BCUT2D eigenvalue weighted by Gasteiger charge is 2.66. The molecule has 1 aromatic rings. The molecule has 4 heteroatoms. The molecule has 2 saturated carbocycles. The minimum Gasteiger partial charge on any atom is -0.395 e. The van der Waals surface area contributed by atoms with Gasteiger partial charge >= 0.3 is 0 Å². The number of aliphatic hydroxyl groups excluding tert-OH is 1. The minimum absolute atomic E-state index is 0.0611. The minimum atomic E-state index is 0.0611. The van der Waals surface area contributed by atoms with Crippen LogP contribution in [0.1, 0.15) is 50.0 Å². The first-order valence-electron chi connectivity index (χ1n) is 10.4. The van der Waals surface area contributed by atoms with Crippen LogP contribution in [0.4, 0.5) is 0 Å². The van der Waals surface area contributed by atoms with E-state index in [0.29, 0.717) is 11.8 Å². The van der Waals surface area contributed by atoms with Crippen LogP contribution in [0.15, 0.2) is 30.3 Å². The maximum atomic E-state index is 12.8. The topological polar surface area (TPSA) is 43.8 Å². The van der Waals surface area contributed by atoms with Crippen molar-refractivity contribution in [1.82, 2.24) is 9.80 Å². The molecule has 26 heavy (non-hydrogen) atoms. The first kappa shape index (κ1) is 16.8. The van der Waals surface area contributed by atoms with Crippen molar-refractivity contribution in [2.24, 2.45) is 11.8 Å². The SMILES string of the molecule is O=C(C1CCCC1)N1CC2(C1)[C@H](c1ccccc1)[C@@H](CO)N2CC1CC1. The summed E-state index contributed by atoms with van der Waals surface area (Å²) < 4.78 is 0. The molecule has 2 aliphatic carbocycles. The maximum Gasteiger partial charge on any atom is 0.225 e. The molecule has 2 aliphatic heterocycles. The number of hydrogen-bond donors (Lipinski definition) is 1. The summed E-state index contributed by atoms with van der Waals surface area (Å²) >= 11 is 0. The second kappa shape index (κ2) is 6.35. The highest BCUT2D eigenvalue weighted by molar-refractivity contribution is 5.80. The van der Waals surface area contributed by atoms with Crippen LogP contribution in [0.3, 0.4) is 0 Å². The molecule has 0 bridgehead atoms. The van der Waals surface area contributed by atoms with E-state index in [4.69, 9.17) is 0 Å². The highest BCUT2D eigenvalue weighted by Crippen LogP contribution is 2.55. The summed E-state index contributed by atoms with van der Waals surface area (Å²) in [5, 5.41) is 10.1. The molecule has 4 aliphatic rings. The Kier molecular flexibility index (Phi) is 4.09. The Morgan fingerprint density at radius 3 is 2.38 bits per heavy atom. The fourth-order valence-electron chi connectivity index (χ4n) is 5.84. The van der Waals surface area contributed by atoms with Crippen molar-refractivity contribution in [3.05, 3.63) is 35.9 Å². The molecule has 1 N–H and O–H groups in total. The normalized spacial score (nSPS) is 31.0. The van der Waals surface area contributed by atoms with Gasteiger partial charge in [0.15, 0.2) is 0 Å². The number of carbonyl (C=O) groups excluding carboxylic acids is 1. The Bertz CT molecular complexity index is 660. The summed E-state index contributed by atoms with van der Waals surface area (Å²) in [6, 6.07) is 10.9. The van der Waals surface area contributed by atoms with Crippen molar-refractivity contribution in [2.75, 3.05) is 26.2 Å². The van der Waals surface area contributed by atoms with E-state index in [0.717, 1.165) is 38.4 Å². The van der Waals surface area contributed by atoms with Crippen LogP contribution < -0.4 is 0 Å². The third-order valence-corrected chi connectivity index (χ3v) is 7.38. The first-order chi connectivity index (χ1) is 12.7. The maximum absolute atomic E-state index is 12.8. The van der Waals surface area contributed by atoms with Gasteiger partial charge in [0, 0.05) is 37.5 Å². The van der Waals surface area contributed by atoms with Gasteiger partial charge in [0.05, 0.1) is 12.1 Å². The van der Waals surface area contributed by atoms with E-state index < -0.39 is 0 Å². The molecular formula is C22H30N2O2. The van der Waals surface area contributed by atoms with Crippen molar-refractivity contribution in [1.29, 1.82) is 0 Å². The van der Waals surface area contributed by atoms with E-state index in [2.05, 4.69) is 40.1 Å². The van der Waals surface area contributed by atoms with E-state index in [1.54, 1.807) is 0 Å². The largest absolute Gasteiger partial charge is 0.395 e. The van der Waals surface area contributed by atoms with Crippen molar-refractivity contribution in [3.63, 3.8) is 0 Å². The van der Waals surface area contributed by atoms with Gasteiger partial charge in [0.2, 0.25) is 5.91 Å². The van der Waals surface area contributed by atoms with Crippen molar-refractivity contribution < 1.29 is 9.90 Å². The summed E-state index contributed by atoms with van der Waals surface area (Å²) in [6.07, 6.45) is 7.23. The van der Waals surface area contributed by atoms with Gasteiger partial charge in [-0.2, -0.15) is 0 Å². The Balaban J connectivity index is 1.37. The van der Waals surface area contributed by atoms with Crippen LogP contribution in [0, 0.1) is 11.8 Å². The highest BCUT2D eigenvalue weighted by atomic mass is 16.3. The number of nitrogens with zero attached hydrogens (tertiary/aromatic N) is 2. The Hall–Kier alpha value is -1.39. The molecule has 4 nitrogen and oxygen atoms in total. The summed E-state index contributed by atoms with van der Waals surface area (Å²) in [5.41, 5.74) is 1.39. The lowest BCUT2D eigenvalue weighted by molar-refractivity contribution is -0.199. The smallest absolute Gasteiger partial charge is 0.225 e. The van der Waals surface area contributed by atoms with Gasteiger partial charge in [-0.3, -0.25) is 9.69 Å². The molecule has 1 spiro atoms. The molecule has 4 fully saturated rings. The van der Waals surface area contributed by atoms with Crippen LogP contribution in [-0.2, 0) is 4.79 Å². The lowest BCUT2D eigenvalue weighted by Gasteiger charge is -2.71. The van der Waals surface area contributed by atoms with E-state index in [1.165, 1.54) is 31.2 Å². The number of benzene rings is 1. The van der Waals surface area contributed by atoms with Gasteiger partial charge in [0.25, 0.3) is 0 Å². The average Bonchev–Trinajstić information content (AvgIpc) is 3.28. The number of amides is 1. The van der Waals surface area contributed by atoms with E-state index in [1.807, 2.05) is 0 Å². The van der Waals surface area contributed by atoms with Gasteiger partial charge in [-0.15, -0.1) is 0 Å². The molecule has 0 radical (unpaired) electrons. The number of aliphatic hydroxyl groups is 1. The average molecular weight is 354 g/mol. The quantitative estimate of drug-likeness (QED) is 0.884. The zero-order valence-corrected chi connectivity index (χ0v) is 15.5. The third-order valence-electron chi connectivity index (χ3n) is 7.38. The van der Waals surface area contributed by atoms with Gasteiger partial charge in [0.1, 0.15) is 0 Å². The van der Waals surface area contributed by atoms with Crippen molar-refractivity contribution >= 4 is 5.91 Å². The summed E-state index contributed by atoms with van der Waals surface area (Å²) in [4.78, 5) is 17.5. The third kappa shape index (κ3) is 2.53. The number of likely N-dealkylation sites (tertiary alicyclic amines) is 2. The molecule has 0 unspecified atom stereocenters. The number of hydrogen-bond acceptors (Lipinski definition) is 3. The summed E-state index contributed by atoms with van der Waals surface area (Å²) in [7, 11) is 0. The second-order valence-electron chi connectivity index (χ2n) is 9.01. The first-order valence-corrected chi connectivity index (χ1v) is 10.4. The predicted octanol–water partition coefficient (Wildman–Crippen LogP) is 2.63. The van der Waals surface area contributed by atoms with Crippen LogP contribution >= 0.6 is 0 Å². The predicted molar refractivity (Wildman–Crippen MR) is 101 cm³/mol. The Morgan fingerprint density at radius 1 is 1.08 bits per heavy atom. The Labute approximate surface area is 156 Å². The lowest BCUT2D eigenvalue weighted by atomic mass is 9.60. The second-order valence-corrected chi connectivity index (χ2v) is 9.01. The molecule has 0 aromatic heterocycles. The molecule has 2 atom stereocenters. The fraction of sp³-hybridized carbons (Fsp3) is 0.682. The summed E-state index contributed by atoms with van der Waals surface area (Å²) in [6.45, 7) is 3.01.